The van der Waals surface area contributed by atoms with Crippen LogP contribution in [0.1, 0.15) is 37.8 Å². The number of nitrogens with zero attached hydrogens (tertiary/aromatic N) is 1. The molecule has 4 rings (SSSR count). The van der Waals surface area contributed by atoms with E-state index in [0.29, 0.717) is 13.2 Å². The van der Waals surface area contributed by atoms with E-state index in [-0.39, 0.29) is 12.2 Å². The van der Waals surface area contributed by atoms with Gasteiger partial charge in [-0.3, -0.25) is 0 Å². The molecule has 1 saturated heterocycles. The second kappa shape index (κ2) is 10.6. The van der Waals surface area contributed by atoms with Gasteiger partial charge in [0.25, 0.3) is 0 Å². The molecule has 0 radical (unpaired) electrons. The van der Waals surface area contributed by atoms with Gasteiger partial charge in [0.05, 0.1) is 13.2 Å². The molecule has 2 aromatic carbocycles. The molecular formula is C25H33N3O4. The van der Waals surface area contributed by atoms with Gasteiger partial charge in [-0.05, 0) is 62.1 Å². The van der Waals surface area contributed by atoms with E-state index in [4.69, 9.17) is 23.9 Å². The molecule has 0 bridgehead atoms. The molecule has 2 aliphatic heterocycles. The van der Waals surface area contributed by atoms with Gasteiger partial charge in [-0.2, -0.15) is 0 Å². The quantitative estimate of drug-likeness (QED) is 0.484. The monoisotopic (exact) mass is 439 g/mol. The average molecular weight is 440 g/mol. The Morgan fingerprint density at radius 1 is 1.00 bits per heavy atom. The Hall–Kier alpha value is -2.93. The predicted molar refractivity (Wildman–Crippen MR) is 125 cm³/mol. The van der Waals surface area contributed by atoms with Crippen molar-refractivity contribution in [3.63, 3.8) is 0 Å². The van der Waals surface area contributed by atoms with Gasteiger partial charge in [-0.25, -0.2) is 4.99 Å². The zero-order valence-corrected chi connectivity index (χ0v) is 19.0. The van der Waals surface area contributed by atoms with Gasteiger partial charge in [-0.15, -0.1) is 0 Å². The highest BCUT2D eigenvalue weighted by Crippen LogP contribution is 2.35. The van der Waals surface area contributed by atoms with Gasteiger partial charge in [0.1, 0.15) is 5.75 Å². The van der Waals surface area contributed by atoms with E-state index in [1.54, 1.807) is 0 Å². The molecule has 2 N–H and O–H groups in total. The highest BCUT2D eigenvalue weighted by atomic mass is 16.7. The van der Waals surface area contributed by atoms with Crippen LogP contribution in [0.25, 0.3) is 0 Å². The summed E-state index contributed by atoms with van der Waals surface area (Å²) in [5, 5.41) is 6.96. The Balaban J connectivity index is 1.46. The number of aliphatic imine (C=N–C) groups is 1. The van der Waals surface area contributed by atoms with Crippen molar-refractivity contribution < 1.29 is 18.9 Å². The first-order valence-corrected chi connectivity index (χ1v) is 11.4. The van der Waals surface area contributed by atoms with Crippen LogP contribution >= 0.6 is 0 Å². The molecule has 0 amide bonds. The van der Waals surface area contributed by atoms with Crippen molar-refractivity contribution >= 4 is 5.96 Å². The van der Waals surface area contributed by atoms with Crippen molar-refractivity contribution in [2.24, 2.45) is 4.99 Å². The number of guanidine groups is 1. The number of hydrogen-bond donors (Lipinski definition) is 2. The van der Waals surface area contributed by atoms with Crippen molar-refractivity contribution in [1.29, 1.82) is 0 Å². The fourth-order valence-electron chi connectivity index (χ4n) is 4.21. The maximum absolute atomic E-state index is 5.68. The third-order valence-electron chi connectivity index (χ3n) is 6.02. The second-order valence-electron chi connectivity index (χ2n) is 8.09. The SMILES string of the molecule is CCNC(=NCc1ccc2c(c1)OCO2)NCC1(c2ccc(OCC)cc2)CCOCC1. The Morgan fingerprint density at radius 2 is 1.78 bits per heavy atom. The second-order valence-corrected chi connectivity index (χ2v) is 8.09. The van der Waals surface area contributed by atoms with E-state index in [2.05, 4.69) is 41.8 Å². The fraction of sp³-hybridized carbons (Fsp3) is 0.480. The molecule has 0 aliphatic carbocycles. The topological polar surface area (TPSA) is 73.3 Å². The summed E-state index contributed by atoms with van der Waals surface area (Å²) in [4.78, 5) is 4.80. The summed E-state index contributed by atoms with van der Waals surface area (Å²) in [6.07, 6.45) is 1.94. The number of ether oxygens (including phenoxy) is 4. The lowest BCUT2D eigenvalue weighted by Crippen LogP contribution is -2.48. The van der Waals surface area contributed by atoms with Crippen LogP contribution in [0.5, 0.6) is 17.2 Å². The largest absolute Gasteiger partial charge is 0.494 e. The van der Waals surface area contributed by atoms with Crippen molar-refractivity contribution in [3.8, 4) is 17.2 Å². The minimum Gasteiger partial charge on any atom is -0.494 e. The van der Waals surface area contributed by atoms with Crippen LogP contribution < -0.4 is 24.8 Å². The lowest BCUT2D eigenvalue weighted by Gasteiger charge is -2.38. The van der Waals surface area contributed by atoms with E-state index in [9.17, 15) is 0 Å². The highest BCUT2D eigenvalue weighted by Gasteiger charge is 2.34. The zero-order chi connectivity index (χ0) is 22.2. The normalized spacial score (nSPS) is 17.1. The lowest BCUT2D eigenvalue weighted by molar-refractivity contribution is 0.0513. The summed E-state index contributed by atoms with van der Waals surface area (Å²) in [7, 11) is 0. The summed E-state index contributed by atoms with van der Waals surface area (Å²) in [6, 6.07) is 14.5. The Bertz CT molecular complexity index is 908. The molecule has 1 fully saturated rings. The van der Waals surface area contributed by atoms with Crippen LogP contribution in [-0.2, 0) is 16.7 Å². The summed E-state index contributed by atoms with van der Waals surface area (Å²) in [5.41, 5.74) is 2.39. The molecule has 32 heavy (non-hydrogen) atoms. The fourth-order valence-corrected chi connectivity index (χ4v) is 4.21. The standard InChI is InChI=1S/C25H33N3O4/c1-3-26-24(27-16-19-5-10-22-23(15-19)32-18-31-22)28-17-25(11-13-29-14-12-25)20-6-8-21(9-7-20)30-4-2/h5-10,15H,3-4,11-14,16-18H2,1-2H3,(H2,26,27,28). The first-order chi connectivity index (χ1) is 15.7. The minimum absolute atomic E-state index is 0.00205. The van der Waals surface area contributed by atoms with E-state index in [1.807, 2.05) is 25.1 Å². The summed E-state index contributed by atoms with van der Waals surface area (Å²) in [5.74, 6) is 3.29. The average Bonchev–Trinajstić information content (AvgIpc) is 3.30. The van der Waals surface area contributed by atoms with Gasteiger partial charge < -0.3 is 29.6 Å². The third-order valence-corrected chi connectivity index (χ3v) is 6.02. The van der Waals surface area contributed by atoms with Gasteiger partial charge in [0.2, 0.25) is 6.79 Å². The maximum atomic E-state index is 5.68. The summed E-state index contributed by atoms with van der Waals surface area (Å²) < 4.78 is 22.2. The molecule has 0 spiro atoms. The van der Waals surface area contributed by atoms with E-state index in [0.717, 1.165) is 67.9 Å². The molecule has 2 heterocycles. The molecule has 7 nitrogen and oxygen atoms in total. The predicted octanol–water partition coefficient (Wildman–Crippen LogP) is 3.62. The van der Waals surface area contributed by atoms with Crippen LogP contribution in [0.2, 0.25) is 0 Å². The number of hydrogen-bond acceptors (Lipinski definition) is 5. The van der Waals surface area contributed by atoms with Crippen molar-refractivity contribution in [2.45, 2.75) is 38.6 Å². The molecule has 0 aromatic heterocycles. The summed E-state index contributed by atoms with van der Waals surface area (Å²) in [6.45, 7) is 8.71. The summed E-state index contributed by atoms with van der Waals surface area (Å²) >= 11 is 0. The van der Waals surface area contributed by atoms with Gasteiger partial charge in [0.15, 0.2) is 17.5 Å². The van der Waals surface area contributed by atoms with Gasteiger partial charge in [0, 0.05) is 31.7 Å². The molecule has 2 aliphatic rings. The Labute approximate surface area is 190 Å². The van der Waals surface area contributed by atoms with E-state index >= 15 is 0 Å². The first kappa shape index (κ1) is 22.3. The smallest absolute Gasteiger partial charge is 0.231 e. The number of benzene rings is 2. The van der Waals surface area contributed by atoms with Gasteiger partial charge >= 0.3 is 0 Å². The number of nitrogens with one attached hydrogen (secondary N) is 2. The molecule has 2 aromatic rings. The third kappa shape index (κ3) is 5.27. The van der Waals surface area contributed by atoms with Crippen molar-refractivity contribution in [2.75, 3.05) is 39.7 Å². The van der Waals surface area contributed by atoms with Crippen LogP contribution in [0, 0.1) is 0 Å². The van der Waals surface area contributed by atoms with Crippen LogP contribution in [0.15, 0.2) is 47.5 Å². The van der Waals surface area contributed by atoms with Crippen LogP contribution in [-0.4, -0.2) is 45.7 Å². The molecule has 0 unspecified atom stereocenters. The number of rotatable bonds is 8. The zero-order valence-electron chi connectivity index (χ0n) is 19.0. The van der Waals surface area contributed by atoms with Crippen LogP contribution in [0.3, 0.4) is 0 Å². The minimum atomic E-state index is -0.00205. The van der Waals surface area contributed by atoms with E-state index in [1.165, 1.54) is 5.56 Å². The highest BCUT2D eigenvalue weighted by molar-refractivity contribution is 5.79. The lowest BCUT2D eigenvalue weighted by atomic mass is 9.74. The van der Waals surface area contributed by atoms with E-state index < -0.39 is 0 Å². The molecular weight excluding hydrogens is 406 g/mol. The van der Waals surface area contributed by atoms with Crippen molar-refractivity contribution in [1.82, 2.24) is 10.6 Å². The first-order valence-electron chi connectivity index (χ1n) is 11.4. The molecule has 0 atom stereocenters. The maximum Gasteiger partial charge on any atom is 0.231 e. The van der Waals surface area contributed by atoms with Crippen molar-refractivity contribution in [3.05, 3.63) is 53.6 Å². The van der Waals surface area contributed by atoms with Gasteiger partial charge in [-0.1, -0.05) is 18.2 Å². The molecule has 0 saturated carbocycles. The molecule has 7 heteroatoms. The molecule has 172 valence electrons. The number of fused-ring (bicyclic) bond motifs is 1. The Morgan fingerprint density at radius 3 is 2.53 bits per heavy atom. The Kier molecular flexibility index (Phi) is 7.37. The van der Waals surface area contributed by atoms with Crippen LogP contribution in [0.4, 0.5) is 0 Å².